The maximum Gasteiger partial charge on any atom is 0.0722 e. The van der Waals surface area contributed by atoms with E-state index in [1.165, 1.54) is 0 Å². The highest BCUT2D eigenvalue weighted by Crippen LogP contribution is 2.33. The van der Waals surface area contributed by atoms with Crippen molar-refractivity contribution < 1.29 is 0 Å². The summed E-state index contributed by atoms with van der Waals surface area (Å²) in [5.41, 5.74) is 0.742. The van der Waals surface area contributed by atoms with Crippen LogP contribution in [0.15, 0.2) is 29.3 Å². The SMILES string of the molecule is C=CCNc1c(Cl)cc(Br)cc1Cl. The van der Waals surface area contributed by atoms with Crippen molar-refractivity contribution in [3.05, 3.63) is 39.3 Å². The number of nitrogens with one attached hydrogen (secondary N) is 1. The van der Waals surface area contributed by atoms with Gasteiger partial charge in [-0.15, -0.1) is 6.58 Å². The van der Waals surface area contributed by atoms with Gasteiger partial charge in [0.15, 0.2) is 0 Å². The number of hydrogen-bond acceptors (Lipinski definition) is 1. The lowest BCUT2D eigenvalue weighted by molar-refractivity contribution is 1.34. The van der Waals surface area contributed by atoms with Gasteiger partial charge >= 0.3 is 0 Å². The van der Waals surface area contributed by atoms with Gasteiger partial charge < -0.3 is 5.32 Å². The van der Waals surface area contributed by atoms with Crippen LogP contribution in [-0.2, 0) is 0 Å². The minimum Gasteiger partial charge on any atom is -0.379 e. The monoisotopic (exact) mass is 279 g/mol. The molecule has 0 unspecified atom stereocenters. The maximum absolute atomic E-state index is 5.96. The molecule has 1 aromatic rings. The van der Waals surface area contributed by atoms with Crippen molar-refractivity contribution in [3.63, 3.8) is 0 Å². The van der Waals surface area contributed by atoms with E-state index < -0.39 is 0 Å². The Morgan fingerprint density at radius 3 is 2.38 bits per heavy atom. The average Bonchev–Trinajstić information content (AvgIpc) is 2.02. The van der Waals surface area contributed by atoms with E-state index in [-0.39, 0.29) is 0 Å². The zero-order valence-corrected chi connectivity index (χ0v) is 9.88. The summed E-state index contributed by atoms with van der Waals surface area (Å²) in [6, 6.07) is 3.58. The van der Waals surface area contributed by atoms with Crippen LogP contribution in [0.1, 0.15) is 0 Å². The minimum atomic E-state index is 0.598. The zero-order chi connectivity index (χ0) is 9.84. The summed E-state index contributed by atoms with van der Waals surface area (Å²) in [6.07, 6.45) is 1.74. The van der Waals surface area contributed by atoms with Crippen LogP contribution in [0.3, 0.4) is 0 Å². The Labute approximate surface area is 95.9 Å². The van der Waals surface area contributed by atoms with Gasteiger partial charge in [0, 0.05) is 11.0 Å². The van der Waals surface area contributed by atoms with Gasteiger partial charge in [-0.25, -0.2) is 0 Å². The first kappa shape index (κ1) is 10.9. The second kappa shape index (κ2) is 4.89. The van der Waals surface area contributed by atoms with Crippen molar-refractivity contribution in [3.8, 4) is 0 Å². The molecular weight excluding hydrogens is 273 g/mol. The Morgan fingerprint density at radius 1 is 1.38 bits per heavy atom. The number of halogens is 3. The maximum atomic E-state index is 5.96. The van der Waals surface area contributed by atoms with Gasteiger partial charge in [-0.2, -0.15) is 0 Å². The summed E-state index contributed by atoms with van der Waals surface area (Å²) in [5.74, 6) is 0. The summed E-state index contributed by atoms with van der Waals surface area (Å²) in [4.78, 5) is 0. The fourth-order valence-corrected chi connectivity index (χ4v) is 2.23. The molecule has 0 saturated carbocycles. The Morgan fingerprint density at radius 2 is 1.92 bits per heavy atom. The molecule has 0 aliphatic rings. The molecule has 1 nitrogen and oxygen atoms in total. The molecule has 0 spiro atoms. The van der Waals surface area contributed by atoms with Crippen LogP contribution in [0.4, 0.5) is 5.69 Å². The quantitative estimate of drug-likeness (QED) is 0.812. The van der Waals surface area contributed by atoms with Crippen molar-refractivity contribution in [2.75, 3.05) is 11.9 Å². The third kappa shape index (κ3) is 2.90. The summed E-state index contributed by atoms with van der Waals surface area (Å²) in [7, 11) is 0. The molecule has 0 aromatic heterocycles. The van der Waals surface area contributed by atoms with Crippen LogP contribution in [0.2, 0.25) is 10.0 Å². The predicted molar refractivity (Wildman–Crippen MR) is 62.8 cm³/mol. The molecule has 0 saturated heterocycles. The molecule has 0 aliphatic carbocycles. The first-order valence-electron chi connectivity index (χ1n) is 3.64. The molecule has 70 valence electrons. The van der Waals surface area contributed by atoms with Gasteiger partial charge in [-0.3, -0.25) is 0 Å². The highest BCUT2D eigenvalue weighted by molar-refractivity contribution is 9.10. The van der Waals surface area contributed by atoms with E-state index in [0.29, 0.717) is 16.6 Å². The van der Waals surface area contributed by atoms with E-state index in [9.17, 15) is 0 Å². The first-order chi connectivity index (χ1) is 6.15. The molecule has 0 atom stereocenters. The van der Waals surface area contributed by atoms with Gasteiger partial charge in [-0.1, -0.05) is 45.2 Å². The lowest BCUT2D eigenvalue weighted by Gasteiger charge is -2.08. The van der Waals surface area contributed by atoms with Crippen LogP contribution in [0.25, 0.3) is 0 Å². The van der Waals surface area contributed by atoms with Gasteiger partial charge in [0.1, 0.15) is 0 Å². The standard InChI is InChI=1S/C9H8BrCl2N/c1-2-3-13-9-7(11)4-6(10)5-8(9)12/h2,4-5,13H,1,3H2. The van der Waals surface area contributed by atoms with Crippen LogP contribution in [0.5, 0.6) is 0 Å². The zero-order valence-electron chi connectivity index (χ0n) is 6.78. The van der Waals surface area contributed by atoms with E-state index in [4.69, 9.17) is 23.2 Å². The van der Waals surface area contributed by atoms with E-state index in [0.717, 1.165) is 10.2 Å². The fraction of sp³-hybridized carbons (Fsp3) is 0.111. The van der Waals surface area contributed by atoms with Gasteiger partial charge in [0.25, 0.3) is 0 Å². The van der Waals surface area contributed by atoms with E-state index in [2.05, 4.69) is 27.8 Å². The topological polar surface area (TPSA) is 12.0 Å². The Hall–Kier alpha value is -0.180. The van der Waals surface area contributed by atoms with Gasteiger partial charge in [0.05, 0.1) is 15.7 Å². The summed E-state index contributed by atoms with van der Waals surface area (Å²) < 4.78 is 0.867. The first-order valence-corrected chi connectivity index (χ1v) is 5.19. The summed E-state index contributed by atoms with van der Waals surface area (Å²) in [6.45, 7) is 4.23. The van der Waals surface area contributed by atoms with Crippen molar-refractivity contribution in [2.24, 2.45) is 0 Å². The van der Waals surface area contributed by atoms with Crippen LogP contribution >= 0.6 is 39.1 Å². The number of benzene rings is 1. The third-order valence-electron chi connectivity index (χ3n) is 1.43. The van der Waals surface area contributed by atoms with Crippen LogP contribution in [0, 0.1) is 0 Å². The largest absolute Gasteiger partial charge is 0.379 e. The normalized spacial score (nSPS) is 9.77. The number of hydrogen-bond donors (Lipinski definition) is 1. The fourth-order valence-electron chi connectivity index (χ4n) is 0.885. The lowest BCUT2D eigenvalue weighted by atomic mass is 10.3. The molecule has 1 N–H and O–H groups in total. The van der Waals surface area contributed by atoms with E-state index in [1.54, 1.807) is 18.2 Å². The Kier molecular flexibility index (Phi) is 4.10. The molecule has 0 heterocycles. The average molecular weight is 281 g/mol. The van der Waals surface area contributed by atoms with Crippen molar-refractivity contribution >= 4 is 44.8 Å². The summed E-state index contributed by atoms with van der Waals surface area (Å²) in [5, 5.41) is 4.25. The van der Waals surface area contributed by atoms with Crippen molar-refractivity contribution in [1.82, 2.24) is 0 Å². The Bertz CT molecular complexity index is 302. The van der Waals surface area contributed by atoms with Crippen LogP contribution < -0.4 is 5.32 Å². The van der Waals surface area contributed by atoms with Crippen molar-refractivity contribution in [2.45, 2.75) is 0 Å². The molecule has 0 radical (unpaired) electrons. The minimum absolute atomic E-state index is 0.598. The highest BCUT2D eigenvalue weighted by Gasteiger charge is 2.05. The molecule has 0 aliphatic heterocycles. The van der Waals surface area contributed by atoms with E-state index in [1.807, 2.05) is 0 Å². The Balaban J connectivity index is 2.98. The predicted octanol–water partition coefficient (Wildman–Crippen LogP) is 4.35. The molecule has 0 fully saturated rings. The van der Waals surface area contributed by atoms with E-state index >= 15 is 0 Å². The third-order valence-corrected chi connectivity index (χ3v) is 2.48. The molecule has 13 heavy (non-hydrogen) atoms. The second-order valence-corrected chi connectivity index (χ2v) is 4.14. The highest BCUT2D eigenvalue weighted by atomic mass is 79.9. The number of rotatable bonds is 3. The van der Waals surface area contributed by atoms with Crippen LogP contribution in [-0.4, -0.2) is 6.54 Å². The molecule has 1 aromatic carbocycles. The molecule has 0 amide bonds. The molecule has 4 heteroatoms. The lowest BCUT2D eigenvalue weighted by Crippen LogP contribution is -1.99. The van der Waals surface area contributed by atoms with Gasteiger partial charge in [-0.05, 0) is 12.1 Å². The molecule has 0 bridgehead atoms. The molecule has 1 rings (SSSR count). The van der Waals surface area contributed by atoms with Gasteiger partial charge in [0.2, 0.25) is 0 Å². The van der Waals surface area contributed by atoms with Crippen molar-refractivity contribution in [1.29, 1.82) is 0 Å². The number of anilines is 1. The second-order valence-electron chi connectivity index (χ2n) is 2.41. The molecular formula is C9H8BrCl2N. The summed E-state index contributed by atoms with van der Waals surface area (Å²) >= 11 is 15.2. The smallest absolute Gasteiger partial charge is 0.0722 e.